The average Bonchev–Trinajstić information content (AvgIpc) is 2.27. The summed E-state index contributed by atoms with van der Waals surface area (Å²) in [7, 11) is 1.58. The quantitative estimate of drug-likeness (QED) is 0.640. The van der Waals surface area contributed by atoms with Gasteiger partial charge in [-0.05, 0) is 17.7 Å². The molecule has 0 bridgehead atoms. The lowest BCUT2D eigenvalue weighted by atomic mass is 10.0. The monoisotopic (exact) mass is 196 g/mol. The van der Waals surface area contributed by atoms with E-state index < -0.39 is 0 Å². The van der Waals surface area contributed by atoms with Gasteiger partial charge in [0.05, 0.1) is 13.7 Å². The second-order valence-electron chi connectivity index (χ2n) is 3.08. The van der Waals surface area contributed by atoms with Gasteiger partial charge >= 0.3 is 0 Å². The van der Waals surface area contributed by atoms with Crippen molar-refractivity contribution in [2.45, 2.75) is 12.6 Å². The fourth-order valence-corrected chi connectivity index (χ4v) is 1.30. The van der Waals surface area contributed by atoms with Crippen LogP contribution in [-0.4, -0.2) is 18.8 Å². The van der Waals surface area contributed by atoms with Crippen LogP contribution in [0.4, 0.5) is 0 Å². The summed E-state index contributed by atoms with van der Waals surface area (Å²) in [5.74, 6) is 0.708. The van der Waals surface area contributed by atoms with Gasteiger partial charge in [-0.3, -0.25) is 0 Å². The molecule has 1 aromatic carbocycles. The molecular weight excluding hydrogens is 180 g/mol. The maximum atomic E-state index is 8.97. The number of aliphatic hydroxyl groups is 1. The van der Waals surface area contributed by atoms with Crippen molar-refractivity contribution >= 4 is 0 Å². The van der Waals surface area contributed by atoms with Gasteiger partial charge in [0.1, 0.15) is 5.75 Å². The highest BCUT2D eigenvalue weighted by atomic mass is 16.5. The Morgan fingerprint density at radius 2 is 2.21 bits per heavy atom. The average molecular weight is 196 g/mol. The van der Waals surface area contributed by atoms with E-state index in [1.807, 2.05) is 6.07 Å². The van der Waals surface area contributed by atoms with Gasteiger partial charge in [-0.2, -0.15) is 0 Å². The van der Waals surface area contributed by atoms with E-state index in [1.54, 1.807) is 19.2 Å². The Bertz CT molecular complexity index is 302. The van der Waals surface area contributed by atoms with Gasteiger partial charge < -0.3 is 21.3 Å². The Kier molecular flexibility index (Phi) is 3.88. The number of methoxy groups -OCH3 is 1. The minimum atomic E-state index is -0.253. The Morgan fingerprint density at radius 3 is 2.71 bits per heavy atom. The molecule has 1 aromatic rings. The molecule has 1 unspecified atom stereocenters. The highest BCUT2D eigenvalue weighted by Crippen LogP contribution is 2.24. The summed E-state index contributed by atoms with van der Waals surface area (Å²) >= 11 is 0. The molecular formula is C10H16N2O2. The van der Waals surface area contributed by atoms with Crippen molar-refractivity contribution in [1.29, 1.82) is 0 Å². The normalized spacial score (nSPS) is 12.6. The van der Waals surface area contributed by atoms with Gasteiger partial charge in [0.15, 0.2) is 0 Å². The van der Waals surface area contributed by atoms with Crippen molar-refractivity contribution in [1.82, 2.24) is 0 Å². The number of hydrogen-bond acceptors (Lipinski definition) is 4. The number of hydrogen-bond donors (Lipinski definition) is 3. The zero-order valence-electron chi connectivity index (χ0n) is 8.23. The third-order valence-corrected chi connectivity index (χ3v) is 2.13. The smallest absolute Gasteiger partial charge is 0.123 e. The van der Waals surface area contributed by atoms with Crippen molar-refractivity contribution in [3.8, 4) is 5.75 Å². The second-order valence-corrected chi connectivity index (χ2v) is 3.08. The molecule has 0 aliphatic carbocycles. The Hall–Kier alpha value is -1.10. The molecule has 0 amide bonds. The van der Waals surface area contributed by atoms with Crippen molar-refractivity contribution in [2.75, 3.05) is 13.7 Å². The standard InChI is InChI=1S/C10H16N2O2/c1-14-10-3-2-7(6-13)4-8(10)9(12)5-11/h2-4,9,13H,5-6,11-12H2,1H3. The summed E-state index contributed by atoms with van der Waals surface area (Å²) in [4.78, 5) is 0. The fraction of sp³-hybridized carbons (Fsp3) is 0.400. The van der Waals surface area contributed by atoms with Crippen molar-refractivity contribution in [3.05, 3.63) is 29.3 Å². The van der Waals surface area contributed by atoms with Gasteiger partial charge in [-0.15, -0.1) is 0 Å². The number of rotatable bonds is 4. The summed E-state index contributed by atoms with van der Waals surface area (Å²) in [6, 6.07) is 5.15. The molecule has 0 heterocycles. The van der Waals surface area contributed by atoms with Crippen LogP contribution in [0.3, 0.4) is 0 Å². The second kappa shape index (κ2) is 4.95. The first kappa shape index (κ1) is 11.0. The molecule has 0 aliphatic rings. The third-order valence-electron chi connectivity index (χ3n) is 2.13. The van der Waals surface area contributed by atoms with Crippen LogP contribution in [0.15, 0.2) is 18.2 Å². The van der Waals surface area contributed by atoms with Gasteiger partial charge in [0.25, 0.3) is 0 Å². The van der Waals surface area contributed by atoms with Crippen molar-refractivity contribution in [3.63, 3.8) is 0 Å². The van der Waals surface area contributed by atoms with E-state index in [0.29, 0.717) is 12.3 Å². The summed E-state index contributed by atoms with van der Waals surface area (Å²) < 4.78 is 5.15. The highest BCUT2D eigenvalue weighted by molar-refractivity contribution is 5.39. The highest BCUT2D eigenvalue weighted by Gasteiger charge is 2.10. The summed E-state index contributed by atoms with van der Waals surface area (Å²) in [6.07, 6.45) is 0. The molecule has 0 saturated carbocycles. The van der Waals surface area contributed by atoms with Crippen molar-refractivity contribution in [2.24, 2.45) is 11.5 Å². The molecule has 4 heteroatoms. The molecule has 0 saturated heterocycles. The number of aliphatic hydroxyl groups excluding tert-OH is 1. The van der Waals surface area contributed by atoms with E-state index >= 15 is 0 Å². The number of ether oxygens (including phenoxy) is 1. The SMILES string of the molecule is COc1ccc(CO)cc1C(N)CN. The van der Waals surface area contributed by atoms with E-state index in [1.165, 1.54) is 0 Å². The fourth-order valence-electron chi connectivity index (χ4n) is 1.30. The van der Waals surface area contributed by atoms with E-state index in [2.05, 4.69) is 0 Å². The first-order valence-electron chi connectivity index (χ1n) is 4.46. The van der Waals surface area contributed by atoms with Crippen LogP contribution in [-0.2, 0) is 6.61 Å². The summed E-state index contributed by atoms with van der Waals surface area (Å²) in [5, 5.41) is 8.97. The lowest BCUT2D eigenvalue weighted by molar-refractivity contribution is 0.281. The molecule has 0 radical (unpaired) electrons. The molecule has 1 atom stereocenters. The van der Waals surface area contributed by atoms with Crippen molar-refractivity contribution < 1.29 is 9.84 Å². The van der Waals surface area contributed by atoms with Crippen LogP contribution in [0.1, 0.15) is 17.2 Å². The maximum Gasteiger partial charge on any atom is 0.123 e. The molecule has 78 valence electrons. The minimum absolute atomic E-state index is 0.00567. The predicted molar refractivity (Wildman–Crippen MR) is 54.9 cm³/mol. The third kappa shape index (κ3) is 2.23. The van der Waals surface area contributed by atoms with Crippen LogP contribution in [0.2, 0.25) is 0 Å². The van der Waals surface area contributed by atoms with Gasteiger partial charge in [-0.1, -0.05) is 6.07 Å². The maximum absolute atomic E-state index is 8.97. The molecule has 0 spiro atoms. The van der Waals surface area contributed by atoms with Gasteiger partial charge in [-0.25, -0.2) is 0 Å². The van der Waals surface area contributed by atoms with E-state index in [4.69, 9.17) is 21.3 Å². The Balaban J connectivity index is 3.08. The van der Waals surface area contributed by atoms with Crippen LogP contribution in [0.25, 0.3) is 0 Å². The predicted octanol–water partition coefficient (Wildman–Crippen LogP) is 0.146. The molecule has 0 aliphatic heterocycles. The first-order valence-corrected chi connectivity index (χ1v) is 4.46. The minimum Gasteiger partial charge on any atom is -0.496 e. The zero-order valence-corrected chi connectivity index (χ0v) is 8.23. The van der Waals surface area contributed by atoms with Gasteiger partial charge in [0.2, 0.25) is 0 Å². The van der Waals surface area contributed by atoms with Gasteiger partial charge in [0, 0.05) is 18.2 Å². The van der Waals surface area contributed by atoms with E-state index in [-0.39, 0.29) is 12.6 Å². The van der Waals surface area contributed by atoms with E-state index in [9.17, 15) is 0 Å². The lowest BCUT2D eigenvalue weighted by Gasteiger charge is -2.14. The number of nitrogens with two attached hydrogens (primary N) is 2. The molecule has 14 heavy (non-hydrogen) atoms. The first-order chi connectivity index (χ1) is 6.72. The van der Waals surface area contributed by atoms with Crippen LogP contribution >= 0.6 is 0 Å². The molecule has 1 rings (SSSR count). The summed E-state index contributed by atoms with van der Waals surface area (Å²) in [6.45, 7) is 0.347. The number of benzene rings is 1. The zero-order chi connectivity index (χ0) is 10.6. The topological polar surface area (TPSA) is 81.5 Å². The van der Waals surface area contributed by atoms with E-state index in [0.717, 1.165) is 11.1 Å². The molecule has 4 nitrogen and oxygen atoms in total. The largest absolute Gasteiger partial charge is 0.496 e. The molecule has 5 N–H and O–H groups in total. The lowest BCUT2D eigenvalue weighted by Crippen LogP contribution is -2.21. The molecule has 0 aromatic heterocycles. The summed E-state index contributed by atoms with van der Waals surface area (Å²) in [5.41, 5.74) is 12.9. The van der Waals surface area contributed by atoms with Crippen LogP contribution < -0.4 is 16.2 Å². The van der Waals surface area contributed by atoms with Crippen LogP contribution in [0, 0.1) is 0 Å². The van der Waals surface area contributed by atoms with Crippen LogP contribution in [0.5, 0.6) is 5.75 Å². The Labute approximate surface area is 83.5 Å². The molecule has 0 fully saturated rings. The Morgan fingerprint density at radius 1 is 1.50 bits per heavy atom.